The van der Waals surface area contributed by atoms with E-state index in [-0.39, 0.29) is 0 Å². The molecule has 0 fully saturated rings. The van der Waals surface area contributed by atoms with E-state index in [0.29, 0.717) is 5.95 Å². The standard InChI is InChI=1S/C21H23ClN4O/c1-27-19-8-4-17(5-9-19)10-13-23-20-12-15-25-21(26-20)24-14-11-16-2-6-18(22)7-3-16/h2-9,12,15H,10-11,13-14H2,1H3,(H2,23,24,25,26). The van der Waals surface area contributed by atoms with Crippen LogP contribution >= 0.6 is 11.6 Å². The van der Waals surface area contributed by atoms with Gasteiger partial charge in [-0.2, -0.15) is 4.98 Å². The molecule has 0 spiro atoms. The molecule has 0 aliphatic rings. The SMILES string of the molecule is COc1ccc(CCNc2ccnc(NCCc3ccc(Cl)cc3)n2)cc1. The molecule has 27 heavy (non-hydrogen) atoms. The van der Waals surface area contributed by atoms with Gasteiger partial charge in [0, 0.05) is 24.3 Å². The van der Waals surface area contributed by atoms with Crippen LogP contribution in [-0.2, 0) is 12.8 Å². The van der Waals surface area contributed by atoms with Crippen molar-refractivity contribution in [3.63, 3.8) is 0 Å². The van der Waals surface area contributed by atoms with Gasteiger partial charge in [0.15, 0.2) is 0 Å². The second-order valence-corrected chi connectivity index (χ2v) is 6.53. The zero-order valence-electron chi connectivity index (χ0n) is 15.3. The third-order valence-electron chi connectivity index (χ3n) is 4.14. The molecule has 0 bridgehead atoms. The van der Waals surface area contributed by atoms with Crippen LogP contribution in [0.5, 0.6) is 5.75 Å². The van der Waals surface area contributed by atoms with E-state index in [4.69, 9.17) is 16.3 Å². The number of nitrogens with zero attached hydrogens (tertiary/aromatic N) is 2. The van der Waals surface area contributed by atoms with Crippen molar-refractivity contribution >= 4 is 23.4 Å². The predicted octanol–water partition coefficient (Wildman–Crippen LogP) is 4.45. The lowest BCUT2D eigenvalue weighted by Crippen LogP contribution is -2.11. The van der Waals surface area contributed by atoms with Crippen LogP contribution in [0.15, 0.2) is 60.8 Å². The molecule has 0 aliphatic carbocycles. The van der Waals surface area contributed by atoms with Crippen molar-refractivity contribution < 1.29 is 4.74 Å². The summed E-state index contributed by atoms with van der Waals surface area (Å²) >= 11 is 5.91. The largest absolute Gasteiger partial charge is 0.497 e. The van der Waals surface area contributed by atoms with Crippen molar-refractivity contribution in [1.29, 1.82) is 0 Å². The summed E-state index contributed by atoms with van der Waals surface area (Å²) in [6, 6.07) is 17.8. The highest BCUT2D eigenvalue weighted by Crippen LogP contribution is 2.13. The molecule has 0 radical (unpaired) electrons. The molecule has 1 heterocycles. The normalized spacial score (nSPS) is 10.4. The second kappa shape index (κ2) is 9.78. The Hall–Kier alpha value is -2.79. The van der Waals surface area contributed by atoms with E-state index in [2.05, 4.69) is 32.7 Å². The lowest BCUT2D eigenvalue weighted by Gasteiger charge is -2.09. The third kappa shape index (κ3) is 6.15. The maximum Gasteiger partial charge on any atom is 0.224 e. The Morgan fingerprint density at radius 2 is 1.48 bits per heavy atom. The van der Waals surface area contributed by atoms with Crippen molar-refractivity contribution in [2.45, 2.75) is 12.8 Å². The van der Waals surface area contributed by atoms with Gasteiger partial charge in [-0.15, -0.1) is 0 Å². The molecule has 2 aromatic carbocycles. The quantitative estimate of drug-likeness (QED) is 0.572. The van der Waals surface area contributed by atoms with E-state index >= 15 is 0 Å². The van der Waals surface area contributed by atoms with Gasteiger partial charge >= 0.3 is 0 Å². The Morgan fingerprint density at radius 3 is 2.15 bits per heavy atom. The number of methoxy groups -OCH3 is 1. The number of aromatic nitrogens is 2. The monoisotopic (exact) mass is 382 g/mol. The molecule has 0 atom stereocenters. The van der Waals surface area contributed by atoms with E-state index in [1.165, 1.54) is 11.1 Å². The molecular formula is C21H23ClN4O. The van der Waals surface area contributed by atoms with Crippen molar-refractivity contribution in [1.82, 2.24) is 9.97 Å². The Morgan fingerprint density at radius 1 is 0.852 bits per heavy atom. The molecule has 3 rings (SSSR count). The molecule has 3 aromatic rings. The molecule has 1 aromatic heterocycles. The summed E-state index contributed by atoms with van der Waals surface area (Å²) in [5, 5.41) is 7.35. The summed E-state index contributed by atoms with van der Waals surface area (Å²) in [6.45, 7) is 1.56. The summed E-state index contributed by atoms with van der Waals surface area (Å²) in [6.07, 6.45) is 3.55. The number of nitrogens with one attached hydrogen (secondary N) is 2. The van der Waals surface area contributed by atoms with Gasteiger partial charge in [0.05, 0.1) is 7.11 Å². The lowest BCUT2D eigenvalue weighted by atomic mass is 10.1. The average Bonchev–Trinajstić information content (AvgIpc) is 2.70. The first-order valence-electron chi connectivity index (χ1n) is 8.91. The van der Waals surface area contributed by atoms with Gasteiger partial charge in [0.25, 0.3) is 0 Å². The topological polar surface area (TPSA) is 59.1 Å². The van der Waals surface area contributed by atoms with Crippen molar-refractivity contribution in [3.8, 4) is 5.75 Å². The summed E-state index contributed by atoms with van der Waals surface area (Å²) in [5.74, 6) is 2.31. The maximum atomic E-state index is 5.91. The van der Waals surface area contributed by atoms with Gasteiger partial charge in [0.1, 0.15) is 11.6 Å². The summed E-state index contributed by atoms with van der Waals surface area (Å²) in [7, 11) is 1.67. The van der Waals surface area contributed by atoms with Crippen LogP contribution in [0, 0.1) is 0 Å². The number of anilines is 2. The maximum absolute atomic E-state index is 5.91. The summed E-state index contributed by atoms with van der Waals surface area (Å²) in [4.78, 5) is 8.77. The summed E-state index contributed by atoms with van der Waals surface area (Å²) < 4.78 is 5.18. The number of halogens is 1. The molecule has 0 unspecified atom stereocenters. The highest BCUT2D eigenvalue weighted by molar-refractivity contribution is 6.30. The average molecular weight is 383 g/mol. The van der Waals surface area contributed by atoms with Crippen molar-refractivity contribution in [2.24, 2.45) is 0 Å². The fourth-order valence-electron chi connectivity index (χ4n) is 2.64. The minimum Gasteiger partial charge on any atom is -0.497 e. The van der Waals surface area contributed by atoms with E-state index in [1.54, 1.807) is 13.3 Å². The van der Waals surface area contributed by atoms with Crippen molar-refractivity contribution in [2.75, 3.05) is 30.8 Å². The minimum absolute atomic E-state index is 0.624. The molecule has 0 aliphatic heterocycles. The number of ether oxygens (including phenoxy) is 1. The number of hydrogen-bond acceptors (Lipinski definition) is 5. The van der Waals surface area contributed by atoms with Crippen molar-refractivity contribution in [3.05, 3.63) is 76.9 Å². The lowest BCUT2D eigenvalue weighted by molar-refractivity contribution is 0.414. The van der Waals surface area contributed by atoms with Crippen LogP contribution < -0.4 is 15.4 Å². The molecular weight excluding hydrogens is 360 g/mol. The Kier molecular flexibility index (Phi) is 6.88. The van der Waals surface area contributed by atoms with Crippen LogP contribution in [-0.4, -0.2) is 30.2 Å². The van der Waals surface area contributed by atoms with Gasteiger partial charge in [-0.05, 0) is 54.3 Å². The molecule has 2 N–H and O–H groups in total. The zero-order valence-corrected chi connectivity index (χ0v) is 16.0. The Bertz CT molecular complexity index is 838. The molecule has 6 heteroatoms. The van der Waals surface area contributed by atoms with Crippen LogP contribution in [0.4, 0.5) is 11.8 Å². The molecule has 140 valence electrons. The molecule has 5 nitrogen and oxygen atoms in total. The van der Waals surface area contributed by atoms with Crippen LogP contribution in [0.25, 0.3) is 0 Å². The van der Waals surface area contributed by atoms with E-state index < -0.39 is 0 Å². The van der Waals surface area contributed by atoms with Gasteiger partial charge in [-0.3, -0.25) is 0 Å². The molecule has 0 amide bonds. The van der Waals surface area contributed by atoms with Crippen LogP contribution in [0.2, 0.25) is 5.02 Å². The summed E-state index contributed by atoms with van der Waals surface area (Å²) in [5.41, 5.74) is 2.47. The Labute approximate surface area is 164 Å². The van der Waals surface area contributed by atoms with Gasteiger partial charge in [0.2, 0.25) is 5.95 Å². The van der Waals surface area contributed by atoms with Crippen LogP contribution in [0.3, 0.4) is 0 Å². The first-order chi connectivity index (χ1) is 13.2. The zero-order chi connectivity index (χ0) is 18.9. The minimum atomic E-state index is 0.624. The number of benzene rings is 2. The fourth-order valence-corrected chi connectivity index (χ4v) is 2.77. The van der Waals surface area contributed by atoms with E-state index in [1.807, 2.05) is 42.5 Å². The smallest absolute Gasteiger partial charge is 0.224 e. The molecule has 0 saturated carbocycles. The highest BCUT2D eigenvalue weighted by atomic mass is 35.5. The number of hydrogen-bond donors (Lipinski definition) is 2. The third-order valence-corrected chi connectivity index (χ3v) is 4.40. The van der Waals surface area contributed by atoms with Gasteiger partial charge in [-0.1, -0.05) is 35.9 Å². The fraction of sp³-hybridized carbons (Fsp3) is 0.238. The number of rotatable bonds is 9. The van der Waals surface area contributed by atoms with E-state index in [9.17, 15) is 0 Å². The van der Waals surface area contributed by atoms with E-state index in [0.717, 1.165) is 42.5 Å². The first kappa shape index (κ1) is 19.0. The highest BCUT2D eigenvalue weighted by Gasteiger charge is 2.00. The van der Waals surface area contributed by atoms with Crippen LogP contribution in [0.1, 0.15) is 11.1 Å². The molecule has 0 saturated heterocycles. The first-order valence-corrected chi connectivity index (χ1v) is 9.29. The Balaban J connectivity index is 1.44. The van der Waals surface area contributed by atoms with Gasteiger partial charge in [-0.25, -0.2) is 4.98 Å². The predicted molar refractivity (Wildman–Crippen MR) is 111 cm³/mol. The van der Waals surface area contributed by atoms with Gasteiger partial charge < -0.3 is 15.4 Å². The second-order valence-electron chi connectivity index (χ2n) is 6.09.